The van der Waals surface area contributed by atoms with E-state index in [1.807, 2.05) is 11.4 Å². The third-order valence-electron chi connectivity index (χ3n) is 2.48. The molecule has 2 heterocycles. The maximum Gasteiger partial charge on any atom is 0.303 e. The van der Waals surface area contributed by atoms with E-state index in [2.05, 4.69) is 24.0 Å². The highest BCUT2D eigenvalue weighted by Crippen LogP contribution is 2.25. The van der Waals surface area contributed by atoms with Gasteiger partial charge in [-0.1, -0.05) is 19.0 Å². The summed E-state index contributed by atoms with van der Waals surface area (Å²) in [7, 11) is 0. The lowest BCUT2D eigenvalue weighted by atomic mass is 10.1. The molecule has 0 fully saturated rings. The molecule has 6 heteroatoms. The van der Waals surface area contributed by atoms with Crippen LogP contribution in [0.3, 0.4) is 0 Å². The second-order valence-electron chi connectivity index (χ2n) is 4.52. The van der Waals surface area contributed by atoms with Crippen molar-refractivity contribution in [2.45, 2.75) is 26.2 Å². The number of nitrogens with zero attached hydrogens (tertiary/aromatic N) is 2. The number of carbonyl (C=O) groups is 1. The first-order chi connectivity index (χ1) is 9.04. The molecule has 1 unspecified atom stereocenters. The molecule has 0 saturated carbocycles. The average molecular weight is 279 g/mol. The van der Waals surface area contributed by atoms with Crippen LogP contribution in [0.1, 0.15) is 24.1 Å². The minimum Gasteiger partial charge on any atom is -0.481 e. The summed E-state index contributed by atoms with van der Waals surface area (Å²) in [5.41, 5.74) is 0.908. The molecule has 1 N–H and O–H groups in total. The van der Waals surface area contributed by atoms with E-state index in [0.717, 1.165) is 12.0 Å². The molecule has 2 aromatic rings. The summed E-state index contributed by atoms with van der Waals surface area (Å²) in [5, 5.41) is 14.4. The third kappa shape index (κ3) is 3.89. The summed E-state index contributed by atoms with van der Waals surface area (Å²) < 4.78 is 5.03. The van der Waals surface area contributed by atoms with Gasteiger partial charge in [-0.05, 0) is 18.4 Å². The zero-order valence-corrected chi connectivity index (χ0v) is 11.4. The van der Waals surface area contributed by atoms with E-state index in [0.29, 0.717) is 17.6 Å². The average Bonchev–Trinajstić information content (AvgIpc) is 2.93. The van der Waals surface area contributed by atoms with Crippen molar-refractivity contribution in [3.8, 4) is 11.4 Å². The SMILES string of the molecule is [CH2]C(C)Cc1cc(-c2noc(CCC(=O)O)n2)cs1. The highest BCUT2D eigenvalue weighted by Gasteiger charge is 2.12. The molecule has 1 radical (unpaired) electrons. The standard InChI is InChI=1S/C13H15N2O3S/c1-8(2)5-10-6-9(7-19-10)13-14-11(18-15-13)3-4-12(16)17/h6-8H,1,3-5H2,2H3,(H,16,17). The van der Waals surface area contributed by atoms with Gasteiger partial charge in [-0.2, -0.15) is 4.98 Å². The summed E-state index contributed by atoms with van der Waals surface area (Å²) in [6, 6.07) is 2.03. The fourth-order valence-corrected chi connectivity index (χ4v) is 2.66. The van der Waals surface area contributed by atoms with Crippen LogP contribution >= 0.6 is 11.3 Å². The van der Waals surface area contributed by atoms with Gasteiger partial charge in [0.15, 0.2) is 0 Å². The van der Waals surface area contributed by atoms with Gasteiger partial charge < -0.3 is 9.63 Å². The Morgan fingerprint density at radius 1 is 1.63 bits per heavy atom. The molecule has 0 aromatic carbocycles. The summed E-state index contributed by atoms with van der Waals surface area (Å²) in [6.45, 7) is 6.03. The third-order valence-corrected chi connectivity index (χ3v) is 3.44. The van der Waals surface area contributed by atoms with Crippen molar-refractivity contribution in [1.82, 2.24) is 10.1 Å². The molecule has 19 heavy (non-hydrogen) atoms. The summed E-state index contributed by atoms with van der Waals surface area (Å²) in [5.74, 6) is 0.361. The number of aromatic nitrogens is 2. The van der Waals surface area contributed by atoms with Crippen LogP contribution in [0.25, 0.3) is 11.4 Å². The molecular formula is C13H15N2O3S. The predicted molar refractivity (Wildman–Crippen MR) is 71.8 cm³/mol. The zero-order valence-electron chi connectivity index (χ0n) is 10.6. The Hall–Kier alpha value is -1.69. The Morgan fingerprint density at radius 3 is 3.11 bits per heavy atom. The molecule has 101 valence electrons. The van der Waals surface area contributed by atoms with Crippen LogP contribution in [0.2, 0.25) is 0 Å². The first-order valence-corrected chi connectivity index (χ1v) is 6.88. The minimum absolute atomic E-state index is 0.00443. The Kier molecular flexibility index (Phi) is 4.31. The van der Waals surface area contributed by atoms with E-state index in [-0.39, 0.29) is 12.8 Å². The molecule has 0 saturated heterocycles. The Balaban J connectivity index is 2.05. The van der Waals surface area contributed by atoms with Crippen molar-refractivity contribution in [3.05, 3.63) is 29.1 Å². The van der Waals surface area contributed by atoms with Gasteiger partial charge in [0.2, 0.25) is 11.7 Å². The molecule has 0 aliphatic heterocycles. The van der Waals surface area contributed by atoms with Crippen LogP contribution in [0.4, 0.5) is 0 Å². The number of aryl methyl sites for hydroxylation is 1. The van der Waals surface area contributed by atoms with E-state index in [1.165, 1.54) is 4.88 Å². The van der Waals surface area contributed by atoms with E-state index in [9.17, 15) is 4.79 Å². The van der Waals surface area contributed by atoms with Gasteiger partial charge in [0.05, 0.1) is 6.42 Å². The second-order valence-corrected chi connectivity index (χ2v) is 5.51. The predicted octanol–water partition coefficient (Wildman–Crippen LogP) is 2.83. The first-order valence-electron chi connectivity index (χ1n) is 6.00. The number of rotatable bonds is 6. The summed E-state index contributed by atoms with van der Waals surface area (Å²) in [6.07, 6.45) is 1.18. The van der Waals surface area contributed by atoms with Gasteiger partial charge in [-0.15, -0.1) is 11.3 Å². The fourth-order valence-electron chi connectivity index (χ4n) is 1.64. The number of hydrogen-bond donors (Lipinski definition) is 1. The largest absolute Gasteiger partial charge is 0.481 e. The maximum atomic E-state index is 10.5. The van der Waals surface area contributed by atoms with Crippen molar-refractivity contribution < 1.29 is 14.4 Å². The van der Waals surface area contributed by atoms with Crippen LogP contribution < -0.4 is 0 Å². The fraction of sp³-hybridized carbons (Fsp3) is 0.385. The van der Waals surface area contributed by atoms with Gasteiger partial charge in [-0.3, -0.25) is 4.79 Å². The maximum absolute atomic E-state index is 10.5. The first kappa shape index (κ1) is 13.7. The van der Waals surface area contributed by atoms with Crippen LogP contribution in [0.5, 0.6) is 0 Å². The Labute approximate surface area is 115 Å². The monoisotopic (exact) mass is 279 g/mol. The molecular weight excluding hydrogens is 264 g/mol. The molecule has 0 amide bonds. The second kappa shape index (κ2) is 5.97. The lowest BCUT2D eigenvalue weighted by molar-refractivity contribution is -0.137. The van der Waals surface area contributed by atoms with Gasteiger partial charge >= 0.3 is 5.97 Å². The summed E-state index contributed by atoms with van der Waals surface area (Å²) in [4.78, 5) is 15.9. The number of thiophene rings is 1. The lowest BCUT2D eigenvalue weighted by Crippen LogP contribution is -1.97. The Bertz CT molecular complexity index is 560. The molecule has 2 aromatic heterocycles. The number of aliphatic carboxylic acids is 1. The van der Waals surface area contributed by atoms with Crippen molar-refractivity contribution in [2.75, 3.05) is 0 Å². The molecule has 0 aliphatic carbocycles. The minimum atomic E-state index is -0.873. The lowest BCUT2D eigenvalue weighted by Gasteiger charge is -1.98. The number of hydrogen-bond acceptors (Lipinski definition) is 5. The number of carboxylic acids is 1. The normalized spacial score (nSPS) is 11.1. The van der Waals surface area contributed by atoms with E-state index in [1.54, 1.807) is 11.3 Å². The van der Waals surface area contributed by atoms with Crippen LogP contribution in [-0.2, 0) is 17.6 Å². The zero-order chi connectivity index (χ0) is 13.8. The van der Waals surface area contributed by atoms with E-state index < -0.39 is 5.97 Å². The van der Waals surface area contributed by atoms with E-state index in [4.69, 9.17) is 9.63 Å². The molecule has 0 aliphatic rings. The molecule has 0 spiro atoms. The molecule has 0 bridgehead atoms. The van der Waals surface area contributed by atoms with Gasteiger partial charge in [0, 0.05) is 22.2 Å². The highest BCUT2D eigenvalue weighted by molar-refractivity contribution is 7.10. The highest BCUT2D eigenvalue weighted by atomic mass is 32.1. The van der Waals surface area contributed by atoms with Gasteiger partial charge in [0.1, 0.15) is 0 Å². The van der Waals surface area contributed by atoms with E-state index >= 15 is 0 Å². The van der Waals surface area contributed by atoms with Crippen molar-refractivity contribution >= 4 is 17.3 Å². The van der Waals surface area contributed by atoms with Crippen LogP contribution in [0, 0.1) is 12.8 Å². The molecule has 2 rings (SSSR count). The Morgan fingerprint density at radius 2 is 2.42 bits per heavy atom. The van der Waals surface area contributed by atoms with Crippen LogP contribution in [0.15, 0.2) is 16.0 Å². The van der Waals surface area contributed by atoms with Crippen molar-refractivity contribution in [2.24, 2.45) is 5.92 Å². The smallest absolute Gasteiger partial charge is 0.303 e. The van der Waals surface area contributed by atoms with Gasteiger partial charge in [0.25, 0.3) is 0 Å². The number of carboxylic acid groups (broad SMARTS) is 1. The van der Waals surface area contributed by atoms with Crippen molar-refractivity contribution in [3.63, 3.8) is 0 Å². The van der Waals surface area contributed by atoms with Crippen molar-refractivity contribution in [1.29, 1.82) is 0 Å². The topological polar surface area (TPSA) is 76.2 Å². The van der Waals surface area contributed by atoms with Crippen LogP contribution in [-0.4, -0.2) is 21.2 Å². The molecule has 5 nitrogen and oxygen atoms in total. The summed E-state index contributed by atoms with van der Waals surface area (Å²) >= 11 is 1.64. The van der Waals surface area contributed by atoms with Gasteiger partial charge in [-0.25, -0.2) is 0 Å². The molecule has 1 atom stereocenters. The quantitative estimate of drug-likeness (QED) is 0.879.